The van der Waals surface area contributed by atoms with Gasteiger partial charge in [0.05, 0.1) is 12.3 Å². The van der Waals surface area contributed by atoms with Gasteiger partial charge in [-0.3, -0.25) is 0 Å². The lowest BCUT2D eigenvalue weighted by atomic mass is 9.76. The van der Waals surface area contributed by atoms with E-state index in [0.29, 0.717) is 30.0 Å². The molecule has 3 aromatic rings. The summed E-state index contributed by atoms with van der Waals surface area (Å²) in [6.45, 7) is 2.33. The normalized spacial score (nSPS) is 21.4. The van der Waals surface area contributed by atoms with Crippen molar-refractivity contribution in [3.05, 3.63) is 64.8 Å². The van der Waals surface area contributed by atoms with Crippen molar-refractivity contribution in [2.75, 3.05) is 0 Å². The van der Waals surface area contributed by atoms with Crippen LogP contribution in [0.1, 0.15) is 133 Å². The molecule has 6 rings (SSSR count). The van der Waals surface area contributed by atoms with Crippen LogP contribution in [-0.4, -0.2) is 0 Å². The molecule has 0 saturated heterocycles. The molecule has 184 valence electrons. The van der Waals surface area contributed by atoms with E-state index < -0.39 is 0 Å². The summed E-state index contributed by atoms with van der Waals surface area (Å²) >= 11 is 0. The Morgan fingerprint density at radius 1 is 0.714 bits per heavy atom. The van der Waals surface area contributed by atoms with Gasteiger partial charge in [0.1, 0.15) is 8.42 Å². The highest BCUT2D eigenvalue weighted by atomic mass is 14.9. The lowest BCUT2D eigenvalue weighted by molar-refractivity contribution is -0.659. The lowest BCUT2D eigenvalue weighted by Crippen LogP contribution is -2.31. The van der Waals surface area contributed by atoms with Crippen molar-refractivity contribution in [1.82, 2.24) is 0 Å². The Hall–Kier alpha value is -2.15. The molecule has 35 heavy (non-hydrogen) atoms. The Morgan fingerprint density at radius 2 is 1.31 bits per heavy atom. The topological polar surface area (TPSA) is 3.88 Å². The molecule has 0 atom stereocenters. The third-order valence-corrected chi connectivity index (χ3v) is 9.67. The van der Waals surface area contributed by atoms with Gasteiger partial charge in [0, 0.05) is 6.04 Å². The third kappa shape index (κ3) is 4.56. The van der Waals surface area contributed by atoms with Gasteiger partial charge >= 0.3 is 0 Å². The van der Waals surface area contributed by atoms with Crippen molar-refractivity contribution in [3.63, 3.8) is 0 Å². The maximum Gasteiger partial charge on any atom is 0.220 e. The van der Waals surface area contributed by atoms with E-state index in [4.69, 9.17) is 2.74 Å². The highest BCUT2D eigenvalue weighted by Gasteiger charge is 2.27. The van der Waals surface area contributed by atoms with Crippen LogP contribution in [0.15, 0.2) is 42.5 Å². The van der Waals surface area contributed by atoms with Crippen molar-refractivity contribution < 1.29 is 7.31 Å². The van der Waals surface area contributed by atoms with Crippen LogP contribution in [0.4, 0.5) is 0 Å². The number of hydrogen-bond donors (Lipinski definition) is 0. The summed E-state index contributed by atoms with van der Waals surface area (Å²) in [4.78, 5) is 0. The van der Waals surface area contributed by atoms with Gasteiger partial charge in [0.25, 0.3) is 0 Å². The van der Waals surface area contributed by atoms with Gasteiger partial charge < -0.3 is 0 Å². The Balaban J connectivity index is 1.56. The van der Waals surface area contributed by atoms with Crippen LogP contribution in [0.25, 0.3) is 22.0 Å². The Morgan fingerprint density at radius 3 is 2.00 bits per heavy atom. The molecule has 3 fully saturated rings. The largest absolute Gasteiger partial charge is 0.220 e. The van der Waals surface area contributed by atoms with E-state index in [9.17, 15) is 0 Å². The van der Waals surface area contributed by atoms with Crippen LogP contribution in [-0.2, 0) is 7.05 Å². The maximum atomic E-state index is 8.94. The average molecular weight is 469 g/mol. The van der Waals surface area contributed by atoms with Crippen LogP contribution in [0.3, 0.4) is 0 Å². The number of fused-ring (bicyclic) bond motifs is 1. The van der Waals surface area contributed by atoms with E-state index in [1.54, 1.807) is 5.56 Å². The molecule has 0 aliphatic heterocycles. The van der Waals surface area contributed by atoms with Crippen molar-refractivity contribution in [3.8, 4) is 11.3 Å². The zero-order chi connectivity index (χ0) is 25.5. The summed E-state index contributed by atoms with van der Waals surface area (Å²) in [6, 6.07) is 12.3. The fourth-order valence-electron chi connectivity index (χ4n) is 7.61. The quantitative estimate of drug-likeness (QED) is 0.336. The second kappa shape index (κ2) is 10.1. The van der Waals surface area contributed by atoms with Gasteiger partial charge in [0.2, 0.25) is 5.69 Å². The average Bonchev–Trinajstić information content (AvgIpc) is 3.49. The molecule has 1 heterocycles. The highest BCUT2D eigenvalue weighted by molar-refractivity contribution is 5.94. The highest BCUT2D eigenvalue weighted by Crippen LogP contribution is 2.43. The van der Waals surface area contributed by atoms with E-state index in [-0.39, 0.29) is 0 Å². The monoisotopic (exact) mass is 468 g/mol. The van der Waals surface area contributed by atoms with Crippen molar-refractivity contribution in [2.45, 2.75) is 115 Å². The minimum Gasteiger partial charge on any atom is -0.200 e. The Bertz CT molecular complexity index is 1290. The van der Waals surface area contributed by atoms with Crippen LogP contribution < -0.4 is 4.57 Å². The van der Waals surface area contributed by atoms with Gasteiger partial charge in [-0.25, -0.2) is 4.57 Å². The zero-order valence-corrected chi connectivity index (χ0v) is 22.0. The van der Waals surface area contributed by atoms with Gasteiger partial charge in [-0.05, 0) is 103 Å². The first-order valence-electron chi connectivity index (χ1n) is 15.6. The fourth-order valence-corrected chi connectivity index (χ4v) is 7.61. The van der Waals surface area contributed by atoms with Gasteiger partial charge in [-0.15, -0.1) is 0 Å². The van der Waals surface area contributed by atoms with Crippen LogP contribution in [0, 0.1) is 6.92 Å². The molecule has 3 aliphatic carbocycles. The SMILES string of the molecule is [2H]c1c([2H])[n+](C)c(-c2cc(C3CCCCC3)cc(C3CCCCC3)c2C)c2ccc(C3CCCC3)cc12. The first-order chi connectivity index (χ1) is 18.0. The first-order valence-corrected chi connectivity index (χ1v) is 14.6. The molecule has 3 saturated carbocycles. The number of benzene rings is 2. The third-order valence-electron chi connectivity index (χ3n) is 9.67. The number of rotatable bonds is 4. The van der Waals surface area contributed by atoms with Gasteiger partial charge in [0.15, 0.2) is 6.17 Å². The maximum absolute atomic E-state index is 8.94. The molecule has 1 aromatic heterocycles. The number of pyridine rings is 1. The predicted octanol–water partition coefficient (Wildman–Crippen LogP) is 9.39. The molecule has 1 nitrogen and oxygen atoms in total. The molecule has 0 radical (unpaired) electrons. The van der Waals surface area contributed by atoms with Crippen LogP contribution in [0.2, 0.25) is 0 Å². The van der Waals surface area contributed by atoms with E-state index in [1.165, 1.54) is 112 Å². The molecular formula is C34H44N+. The smallest absolute Gasteiger partial charge is 0.200 e. The minimum atomic E-state index is 0.327. The zero-order valence-electron chi connectivity index (χ0n) is 24.0. The van der Waals surface area contributed by atoms with Crippen molar-refractivity contribution in [2.24, 2.45) is 7.05 Å². The number of nitrogens with zero attached hydrogens (tertiary/aromatic N) is 1. The summed E-state index contributed by atoms with van der Waals surface area (Å²) in [7, 11) is 2.01. The predicted molar refractivity (Wildman–Crippen MR) is 148 cm³/mol. The summed E-state index contributed by atoms with van der Waals surface area (Å²) < 4.78 is 19.8. The lowest BCUT2D eigenvalue weighted by Gasteiger charge is -2.28. The number of aromatic nitrogens is 1. The van der Waals surface area contributed by atoms with E-state index in [0.717, 1.165) is 16.5 Å². The second-order valence-electron chi connectivity index (χ2n) is 11.9. The molecule has 2 aromatic carbocycles. The van der Waals surface area contributed by atoms with Gasteiger partial charge in [-0.1, -0.05) is 69.6 Å². The van der Waals surface area contributed by atoms with Crippen LogP contribution >= 0.6 is 0 Å². The molecule has 0 N–H and O–H groups in total. The summed E-state index contributed by atoms with van der Waals surface area (Å²) in [5, 5.41) is 2.10. The molecule has 0 spiro atoms. The fraction of sp³-hybridized carbons (Fsp3) is 0.559. The van der Waals surface area contributed by atoms with Crippen molar-refractivity contribution in [1.29, 1.82) is 0 Å². The van der Waals surface area contributed by atoms with Gasteiger partial charge in [-0.2, -0.15) is 0 Å². The summed E-state index contributed by atoms with van der Waals surface area (Å²) in [6.07, 6.45) is 18.8. The molecule has 1 heteroatoms. The summed E-state index contributed by atoms with van der Waals surface area (Å²) in [5.74, 6) is 1.93. The van der Waals surface area contributed by atoms with E-state index >= 15 is 0 Å². The molecule has 0 bridgehead atoms. The second-order valence-corrected chi connectivity index (χ2v) is 11.9. The number of hydrogen-bond acceptors (Lipinski definition) is 0. The Labute approximate surface area is 215 Å². The minimum absolute atomic E-state index is 0.327. The van der Waals surface area contributed by atoms with Crippen molar-refractivity contribution >= 4 is 10.8 Å². The van der Waals surface area contributed by atoms with E-state index in [2.05, 4.69) is 37.3 Å². The summed E-state index contributed by atoms with van der Waals surface area (Å²) in [5.41, 5.74) is 8.31. The molecule has 3 aliphatic rings. The van der Waals surface area contributed by atoms with E-state index in [1.807, 2.05) is 11.6 Å². The standard InChI is InChI=1S/C34H44N/c1-24-32(27-15-7-4-8-16-27)22-30(26-11-5-3-6-12-26)23-33(24)34-31-18-17-28(25-13-9-10-14-25)21-29(31)19-20-35(34)2/h17-23,25-27H,3-16H2,1-2H3/q+1/i19D,20D. The Kier molecular flexibility index (Phi) is 6.04. The first kappa shape index (κ1) is 21.0. The molecular weight excluding hydrogens is 422 g/mol. The molecule has 0 unspecified atom stereocenters. The molecule has 0 amide bonds. The van der Waals surface area contributed by atoms with Crippen LogP contribution in [0.5, 0.6) is 0 Å².